The number of nitrogens with zero attached hydrogens (tertiary/aromatic N) is 2. The highest BCUT2D eigenvalue weighted by Gasteiger charge is 2.35. The van der Waals surface area contributed by atoms with E-state index in [0.717, 1.165) is 42.0 Å². The van der Waals surface area contributed by atoms with E-state index in [4.69, 9.17) is 27.9 Å². The molecule has 44 heavy (non-hydrogen) atoms. The SMILES string of the molecule is CCC(C(=O)NC1CCCCC1)N(Cc1c(Cl)cccc1Cl)C(=O)CN(c1ccccc1OC)S(=O)(=O)c1ccc(C)cc1. The summed E-state index contributed by atoms with van der Waals surface area (Å²) in [5.74, 6) is -0.604. The van der Waals surface area contributed by atoms with Crippen molar-refractivity contribution < 1.29 is 22.7 Å². The van der Waals surface area contributed by atoms with E-state index in [1.165, 1.54) is 24.1 Å². The minimum absolute atomic E-state index is 0.0181. The molecule has 236 valence electrons. The van der Waals surface area contributed by atoms with Crippen molar-refractivity contribution in [3.63, 3.8) is 0 Å². The van der Waals surface area contributed by atoms with Gasteiger partial charge < -0.3 is 15.0 Å². The van der Waals surface area contributed by atoms with Crippen molar-refractivity contribution in [1.82, 2.24) is 10.2 Å². The molecule has 0 aliphatic heterocycles. The van der Waals surface area contributed by atoms with Crippen molar-refractivity contribution in [2.75, 3.05) is 18.0 Å². The van der Waals surface area contributed by atoms with Gasteiger partial charge in [0.25, 0.3) is 10.0 Å². The van der Waals surface area contributed by atoms with E-state index in [0.29, 0.717) is 22.0 Å². The van der Waals surface area contributed by atoms with E-state index in [1.54, 1.807) is 54.6 Å². The summed E-state index contributed by atoms with van der Waals surface area (Å²) in [4.78, 5) is 29.5. The van der Waals surface area contributed by atoms with Gasteiger partial charge in [0.15, 0.2) is 0 Å². The summed E-state index contributed by atoms with van der Waals surface area (Å²) in [5, 5.41) is 3.81. The standard InChI is InChI=1S/C33H39Cl2N3O5S/c1-4-29(33(40)36-24-11-6-5-7-12-24)37(21-26-27(34)13-10-14-28(26)35)32(39)22-38(30-15-8-9-16-31(30)43-3)44(41,42)25-19-17-23(2)18-20-25/h8-10,13-20,24,29H,4-7,11-12,21-22H2,1-3H3,(H,36,40). The van der Waals surface area contributed by atoms with Crippen LogP contribution < -0.4 is 14.4 Å². The minimum Gasteiger partial charge on any atom is -0.495 e. The molecular weight excluding hydrogens is 621 g/mol. The molecular formula is C33H39Cl2N3O5S. The molecule has 0 spiro atoms. The molecule has 0 bridgehead atoms. The zero-order valence-corrected chi connectivity index (χ0v) is 27.6. The fourth-order valence-electron chi connectivity index (χ4n) is 5.50. The van der Waals surface area contributed by atoms with Crippen LogP contribution in [0.3, 0.4) is 0 Å². The van der Waals surface area contributed by atoms with Crippen LogP contribution in [0.15, 0.2) is 71.6 Å². The van der Waals surface area contributed by atoms with Crippen molar-refractivity contribution in [3.8, 4) is 5.75 Å². The van der Waals surface area contributed by atoms with Gasteiger partial charge in [-0.1, -0.05) is 85.3 Å². The lowest BCUT2D eigenvalue weighted by Crippen LogP contribution is -2.54. The third kappa shape index (κ3) is 7.86. The molecule has 3 aromatic carbocycles. The molecule has 1 atom stereocenters. The Bertz CT molecular complexity index is 1540. The zero-order chi connectivity index (χ0) is 31.9. The maximum absolute atomic E-state index is 14.4. The minimum atomic E-state index is -4.24. The largest absolute Gasteiger partial charge is 0.495 e. The lowest BCUT2D eigenvalue weighted by Gasteiger charge is -2.35. The van der Waals surface area contributed by atoms with Gasteiger partial charge >= 0.3 is 0 Å². The average molecular weight is 661 g/mol. The van der Waals surface area contributed by atoms with Crippen molar-refractivity contribution >= 4 is 50.7 Å². The van der Waals surface area contributed by atoms with Crippen LogP contribution in [-0.2, 0) is 26.2 Å². The highest BCUT2D eigenvalue weighted by molar-refractivity contribution is 7.92. The summed E-state index contributed by atoms with van der Waals surface area (Å²) in [7, 11) is -2.81. The second kappa shape index (κ2) is 15.1. The summed E-state index contributed by atoms with van der Waals surface area (Å²) in [6.45, 7) is 3.00. The maximum atomic E-state index is 14.4. The van der Waals surface area contributed by atoms with Crippen LogP contribution in [0.2, 0.25) is 10.0 Å². The Morgan fingerprint density at radius 3 is 2.20 bits per heavy atom. The number of amides is 2. The quantitative estimate of drug-likeness (QED) is 0.232. The average Bonchev–Trinajstić information content (AvgIpc) is 3.01. The predicted molar refractivity (Wildman–Crippen MR) is 175 cm³/mol. The maximum Gasteiger partial charge on any atom is 0.264 e. The van der Waals surface area contributed by atoms with Crippen molar-refractivity contribution in [3.05, 3.63) is 87.9 Å². The van der Waals surface area contributed by atoms with Gasteiger partial charge in [-0.15, -0.1) is 0 Å². The lowest BCUT2D eigenvalue weighted by molar-refractivity contribution is -0.140. The van der Waals surface area contributed by atoms with Crippen LogP contribution in [-0.4, -0.2) is 50.9 Å². The monoisotopic (exact) mass is 659 g/mol. The van der Waals surface area contributed by atoms with E-state index in [9.17, 15) is 18.0 Å². The molecule has 0 radical (unpaired) electrons. The second-order valence-electron chi connectivity index (χ2n) is 11.0. The summed E-state index contributed by atoms with van der Waals surface area (Å²) >= 11 is 13.0. The first-order valence-electron chi connectivity index (χ1n) is 14.8. The zero-order valence-electron chi connectivity index (χ0n) is 25.3. The first-order valence-corrected chi connectivity index (χ1v) is 17.0. The lowest BCUT2D eigenvalue weighted by atomic mass is 9.95. The molecule has 8 nitrogen and oxygen atoms in total. The van der Waals surface area contributed by atoms with Crippen molar-refractivity contribution in [2.24, 2.45) is 0 Å². The molecule has 2 amide bonds. The van der Waals surface area contributed by atoms with Crippen molar-refractivity contribution in [2.45, 2.75) is 75.9 Å². The van der Waals surface area contributed by atoms with E-state index >= 15 is 0 Å². The Hall–Kier alpha value is -3.27. The van der Waals surface area contributed by atoms with E-state index in [-0.39, 0.29) is 34.8 Å². The van der Waals surface area contributed by atoms with Crippen LogP contribution in [0.1, 0.15) is 56.6 Å². The Morgan fingerprint density at radius 1 is 0.955 bits per heavy atom. The molecule has 1 aliphatic carbocycles. The molecule has 4 rings (SSSR count). The second-order valence-corrected chi connectivity index (χ2v) is 13.7. The van der Waals surface area contributed by atoms with Crippen LogP contribution in [0, 0.1) is 6.92 Å². The number of ether oxygens (including phenoxy) is 1. The van der Waals surface area contributed by atoms with Gasteiger partial charge in [0, 0.05) is 28.2 Å². The number of methoxy groups -OCH3 is 1. The summed E-state index contributed by atoms with van der Waals surface area (Å²) in [5.41, 5.74) is 1.55. The number of aryl methyl sites for hydroxylation is 1. The first-order chi connectivity index (χ1) is 21.1. The molecule has 0 saturated heterocycles. The number of anilines is 1. The third-order valence-corrected chi connectivity index (χ3v) is 10.5. The van der Waals surface area contributed by atoms with Gasteiger partial charge in [-0.2, -0.15) is 0 Å². The number of sulfonamides is 1. The normalized spacial score (nSPS) is 14.5. The Labute approximate surface area is 270 Å². The first kappa shape index (κ1) is 33.6. The van der Waals surface area contributed by atoms with Crippen LogP contribution >= 0.6 is 23.2 Å². The van der Waals surface area contributed by atoms with E-state index in [1.807, 2.05) is 13.8 Å². The van der Waals surface area contributed by atoms with Crippen LogP contribution in [0.5, 0.6) is 5.75 Å². The highest BCUT2D eigenvalue weighted by atomic mass is 35.5. The number of carbonyl (C=O) groups excluding carboxylic acids is 2. The van der Waals surface area contributed by atoms with E-state index in [2.05, 4.69) is 5.32 Å². The van der Waals surface area contributed by atoms with Gasteiger partial charge in [-0.3, -0.25) is 13.9 Å². The molecule has 0 heterocycles. The van der Waals surface area contributed by atoms with Gasteiger partial charge in [-0.25, -0.2) is 8.42 Å². The van der Waals surface area contributed by atoms with Gasteiger partial charge in [0.05, 0.1) is 17.7 Å². The number of para-hydroxylation sites is 2. The smallest absolute Gasteiger partial charge is 0.264 e. The number of hydrogen-bond donors (Lipinski definition) is 1. The Balaban J connectivity index is 1.77. The van der Waals surface area contributed by atoms with Gasteiger partial charge in [0.2, 0.25) is 11.8 Å². The number of halogens is 2. The summed E-state index contributed by atoms with van der Waals surface area (Å²) < 4.78 is 34.8. The molecule has 11 heteroatoms. The fourth-order valence-corrected chi connectivity index (χ4v) is 7.45. The summed E-state index contributed by atoms with van der Waals surface area (Å²) in [6.07, 6.45) is 5.25. The number of hydrogen-bond acceptors (Lipinski definition) is 5. The topological polar surface area (TPSA) is 96.0 Å². The fraction of sp³-hybridized carbons (Fsp3) is 0.394. The molecule has 1 unspecified atom stereocenters. The van der Waals surface area contributed by atoms with Gasteiger partial charge in [-0.05, 0) is 62.6 Å². The Kier molecular flexibility index (Phi) is 11.6. The third-order valence-electron chi connectivity index (χ3n) is 7.97. The highest BCUT2D eigenvalue weighted by Crippen LogP contribution is 2.33. The Morgan fingerprint density at radius 2 is 1.59 bits per heavy atom. The number of rotatable bonds is 12. The van der Waals surface area contributed by atoms with Crippen molar-refractivity contribution in [1.29, 1.82) is 0 Å². The number of carbonyl (C=O) groups is 2. The van der Waals surface area contributed by atoms with Crippen LogP contribution in [0.25, 0.3) is 0 Å². The predicted octanol–water partition coefficient (Wildman–Crippen LogP) is 6.76. The van der Waals surface area contributed by atoms with Crippen LogP contribution in [0.4, 0.5) is 5.69 Å². The number of nitrogens with one attached hydrogen (secondary N) is 1. The number of benzene rings is 3. The molecule has 3 aromatic rings. The molecule has 0 aromatic heterocycles. The van der Waals surface area contributed by atoms with E-state index < -0.39 is 28.5 Å². The van der Waals surface area contributed by atoms with Gasteiger partial charge in [0.1, 0.15) is 18.3 Å². The molecule has 1 saturated carbocycles. The molecule has 1 fully saturated rings. The molecule has 1 aliphatic rings. The summed E-state index contributed by atoms with van der Waals surface area (Å²) in [6, 6.07) is 17.2. The molecule has 1 N–H and O–H groups in total.